The largest absolute Gasteiger partial charge is 0.494 e. The van der Waals surface area contributed by atoms with Gasteiger partial charge in [-0.25, -0.2) is 0 Å². The van der Waals surface area contributed by atoms with Crippen LogP contribution in [0.2, 0.25) is 0 Å². The van der Waals surface area contributed by atoms with E-state index in [1.165, 1.54) is 96.3 Å². The molecular weight excluding hydrogens is 492 g/mol. The zero-order valence-electron chi connectivity index (χ0n) is 26.1. The van der Waals surface area contributed by atoms with Crippen LogP contribution in [0.4, 0.5) is 0 Å². The number of benzene rings is 2. The minimum Gasteiger partial charge on any atom is -0.494 e. The minimum atomic E-state index is -0.225. The molecule has 0 saturated heterocycles. The van der Waals surface area contributed by atoms with Crippen LogP contribution in [0.1, 0.15) is 154 Å². The second-order valence-corrected chi connectivity index (χ2v) is 11.5. The van der Waals surface area contributed by atoms with Gasteiger partial charge < -0.3 is 9.47 Å². The van der Waals surface area contributed by atoms with Crippen molar-refractivity contribution in [2.45, 2.75) is 149 Å². The summed E-state index contributed by atoms with van der Waals surface area (Å²) in [6.45, 7) is 7.27. The first-order valence-corrected chi connectivity index (χ1v) is 16.7. The van der Waals surface area contributed by atoms with Gasteiger partial charge in [0.05, 0.1) is 6.61 Å². The fraction of sp³-hybridized carbons (Fsp3) is 0.649. The van der Waals surface area contributed by atoms with Crippen molar-refractivity contribution in [1.82, 2.24) is 0 Å². The molecule has 0 spiro atoms. The maximum absolute atomic E-state index is 12.3. The summed E-state index contributed by atoms with van der Waals surface area (Å²) in [5.41, 5.74) is 3.35. The van der Waals surface area contributed by atoms with Gasteiger partial charge in [0.15, 0.2) is 0 Å². The molecule has 0 N–H and O–H groups in total. The van der Waals surface area contributed by atoms with Gasteiger partial charge in [-0.1, -0.05) is 153 Å². The van der Waals surface area contributed by atoms with Gasteiger partial charge >= 0.3 is 5.97 Å². The van der Waals surface area contributed by atoms with Crippen molar-refractivity contribution in [2.24, 2.45) is 0 Å². The molecule has 0 radical (unpaired) electrons. The molecule has 0 amide bonds. The highest BCUT2D eigenvalue weighted by molar-refractivity contribution is 5.70. The third-order valence-electron chi connectivity index (χ3n) is 7.88. The molecule has 3 heteroatoms. The number of hydrogen-bond acceptors (Lipinski definition) is 3. The lowest BCUT2D eigenvalue weighted by Crippen LogP contribution is -2.08. The van der Waals surface area contributed by atoms with Crippen LogP contribution in [0.5, 0.6) is 5.75 Å². The summed E-state index contributed by atoms with van der Waals surface area (Å²) in [6, 6.07) is 16.7. The fourth-order valence-corrected chi connectivity index (χ4v) is 5.20. The third kappa shape index (κ3) is 15.5. The highest BCUT2D eigenvalue weighted by Gasteiger charge is 2.12. The van der Waals surface area contributed by atoms with E-state index in [0.717, 1.165) is 48.3 Å². The number of unbranched alkanes of at least 4 members (excludes halogenated alkanes) is 16. The molecule has 0 fully saturated rings. The molecule has 2 aromatic rings. The Balaban J connectivity index is 1.58. The molecule has 3 nitrogen and oxygen atoms in total. The van der Waals surface area contributed by atoms with Crippen LogP contribution in [0, 0.1) is 0 Å². The summed E-state index contributed by atoms with van der Waals surface area (Å²) in [4.78, 5) is 12.3. The molecule has 1 atom stereocenters. The summed E-state index contributed by atoms with van der Waals surface area (Å²) in [6.07, 6.45) is 23.5. The van der Waals surface area contributed by atoms with E-state index in [1.807, 2.05) is 6.92 Å². The first kappa shape index (κ1) is 33.9. The van der Waals surface area contributed by atoms with Crippen molar-refractivity contribution < 1.29 is 14.3 Å². The molecular formula is C37H58O3. The molecule has 1 unspecified atom stereocenters. The molecule has 0 aliphatic rings. The summed E-state index contributed by atoms with van der Waals surface area (Å²) >= 11 is 0. The van der Waals surface area contributed by atoms with Crippen molar-refractivity contribution in [2.75, 3.05) is 6.61 Å². The van der Waals surface area contributed by atoms with E-state index >= 15 is 0 Å². The van der Waals surface area contributed by atoms with Crippen LogP contribution in [-0.4, -0.2) is 12.6 Å². The second kappa shape index (κ2) is 22.4. The highest BCUT2D eigenvalue weighted by Crippen LogP contribution is 2.26. The first-order chi connectivity index (χ1) is 19.6. The molecule has 224 valence electrons. The lowest BCUT2D eigenvalue weighted by atomic mass is 10.0. The van der Waals surface area contributed by atoms with Crippen molar-refractivity contribution >= 4 is 5.97 Å². The fourth-order valence-electron chi connectivity index (χ4n) is 5.20. The van der Waals surface area contributed by atoms with E-state index < -0.39 is 0 Å². The van der Waals surface area contributed by atoms with E-state index in [0.29, 0.717) is 6.42 Å². The summed E-state index contributed by atoms with van der Waals surface area (Å²) in [5, 5.41) is 0. The lowest BCUT2D eigenvalue weighted by Gasteiger charge is -2.14. The van der Waals surface area contributed by atoms with E-state index in [2.05, 4.69) is 62.4 Å². The Morgan fingerprint density at radius 1 is 0.575 bits per heavy atom. The Kier molecular flexibility index (Phi) is 19.0. The zero-order chi connectivity index (χ0) is 28.7. The Morgan fingerprint density at radius 2 is 1.00 bits per heavy atom. The summed E-state index contributed by atoms with van der Waals surface area (Å²) in [5.74, 6) is 0.850. The quantitative estimate of drug-likeness (QED) is 0.0963. The molecule has 0 aliphatic heterocycles. The van der Waals surface area contributed by atoms with Gasteiger partial charge in [-0.15, -0.1) is 0 Å². The highest BCUT2D eigenvalue weighted by atomic mass is 16.5. The van der Waals surface area contributed by atoms with Gasteiger partial charge in [0.1, 0.15) is 11.9 Å². The van der Waals surface area contributed by atoms with E-state index in [9.17, 15) is 4.79 Å². The molecule has 40 heavy (non-hydrogen) atoms. The van der Waals surface area contributed by atoms with Crippen molar-refractivity contribution in [3.05, 3.63) is 54.1 Å². The molecule has 2 aromatic carbocycles. The predicted octanol–water partition coefficient (Wildman–Crippen LogP) is 11.8. The maximum Gasteiger partial charge on any atom is 0.306 e. The van der Waals surface area contributed by atoms with Gasteiger partial charge in [0.2, 0.25) is 0 Å². The minimum absolute atomic E-state index is 0.0831. The van der Waals surface area contributed by atoms with E-state index in [4.69, 9.17) is 9.47 Å². The normalized spacial score (nSPS) is 11.9. The van der Waals surface area contributed by atoms with Crippen LogP contribution in [0.15, 0.2) is 48.5 Å². The average molecular weight is 551 g/mol. The molecule has 2 rings (SSSR count). The van der Waals surface area contributed by atoms with Crippen LogP contribution in [0.3, 0.4) is 0 Å². The Labute approximate surface area is 246 Å². The Morgan fingerprint density at radius 3 is 1.50 bits per heavy atom. The summed E-state index contributed by atoms with van der Waals surface area (Å²) in [7, 11) is 0. The summed E-state index contributed by atoms with van der Waals surface area (Å²) < 4.78 is 11.6. The van der Waals surface area contributed by atoms with E-state index in [1.54, 1.807) is 0 Å². The first-order valence-electron chi connectivity index (χ1n) is 16.7. The second-order valence-electron chi connectivity index (χ2n) is 11.5. The maximum atomic E-state index is 12.3. The predicted molar refractivity (Wildman–Crippen MR) is 171 cm³/mol. The molecule has 0 heterocycles. The average Bonchev–Trinajstić information content (AvgIpc) is 2.97. The van der Waals surface area contributed by atoms with Gasteiger partial charge in [0.25, 0.3) is 0 Å². The van der Waals surface area contributed by atoms with Crippen molar-refractivity contribution in [3.63, 3.8) is 0 Å². The van der Waals surface area contributed by atoms with Crippen LogP contribution in [0.25, 0.3) is 11.1 Å². The SMILES string of the molecule is CCCCCCCCCCCCCCC(=O)OC(C)c1ccc(-c2ccc(OCCCCCCCC)cc2)cc1. The smallest absolute Gasteiger partial charge is 0.306 e. The van der Waals surface area contributed by atoms with Crippen LogP contribution in [-0.2, 0) is 9.53 Å². The zero-order valence-corrected chi connectivity index (χ0v) is 26.1. The van der Waals surface area contributed by atoms with E-state index in [-0.39, 0.29) is 12.1 Å². The molecule has 0 aliphatic carbocycles. The number of carbonyl (C=O) groups is 1. The van der Waals surface area contributed by atoms with Crippen molar-refractivity contribution in [1.29, 1.82) is 0 Å². The number of carbonyl (C=O) groups excluding carboxylic acids is 1. The number of hydrogen-bond donors (Lipinski definition) is 0. The van der Waals surface area contributed by atoms with Gasteiger partial charge in [-0.3, -0.25) is 4.79 Å². The molecule has 0 bridgehead atoms. The molecule has 0 saturated carbocycles. The number of rotatable bonds is 24. The Hall–Kier alpha value is -2.29. The third-order valence-corrected chi connectivity index (χ3v) is 7.88. The van der Waals surface area contributed by atoms with Crippen LogP contribution >= 0.6 is 0 Å². The van der Waals surface area contributed by atoms with Gasteiger partial charge in [-0.2, -0.15) is 0 Å². The number of esters is 1. The van der Waals surface area contributed by atoms with Crippen molar-refractivity contribution in [3.8, 4) is 16.9 Å². The topological polar surface area (TPSA) is 35.5 Å². The standard InChI is InChI=1S/C37H58O3/c1-4-6-8-10-12-13-14-15-16-17-18-20-22-37(38)40-32(3)33-23-25-34(26-24-33)35-27-29-36(30-28-35)39-31-21-19-11-9-7-5-2/h23-30,32H,4-22,31H2,1-3H3. The van der Waals surface area contributed by atoms with Crippen LogP contribution < -0.4 is 4.74 Å². The lowest BCUT2D eigenvalue weighted by molar-refractivity contribution is -0.148. The van der Waals surface area contributed by atoms with Gasteiger partial charge in [0, 0.05) is 6.42 Å². The van der Waals surface area contributed by atoms with Gasteiger partial charge in [-0.05, 0) is 48.6 Å². The Bertz CT molecular complexity index is 871. The molecule has 0 aromatic heterocycles. The number of ether oxygens (including phenoxy) is 2. The monoisotopic (exact) mass is 550 g/mol.